The Hall–Kier alpha value is -14.3. The molecule has 0 spiro atoms. The van der Waals surface area contributed by atoms with Gasteiger partial charge < -0.3 is 17.7 Å². The van der Waals surface area contributed by atoms with E-state index in [-0.39, 0.29) is 0 Å². The normalized spacial score (nSPS) is 12.1. The molecule has 4 heterocycles. The highest BCUT2D eigenvalue weighted by Crippen LogP contribution is 2.47. The lowest BCUT2D eigenvalue weighted by Crippen LogP contribution is -1.88. The van der Waals surface area contributed by atoms with Crippen LogP contribution in [0.5, 0.6) is 0 Å². The molecule has 0 saturated carbocycles. The first-order valence-electron chi connectivity index (χ1n) is 37.0. The van der Waals surface area contributed by atoms with Crippen LogP contribution in [-0.2, 0) is 0 Å². The maximum absolute atomic E-state index is 6.46. The highest BCUT2D eigenvalue weighted by molar-refractivity contribution is 6.22. The predicted octanol–water partition coefficient (Wildman–Crippen LogP) is 30.2. The summed E-state index contributed by atoms with van der Waals surface area (Å²) in [4.78, 5) is 0. The van der Waals surface area contributed by atoms with Gasteiger partial charge >= 0.3 is 0 Å². The molecule has 0 bridgehead atoms. The average molecular weight is 1370 g/mol. The SMILES string of the molecule is c1ccc2cc(-c3ccc4oc5cc6oc7ccc(-c8ccc(-c9cc%10ccccc%10c%10ccccc9%10)c9ccccc89)cc7c6cc5c4c3)ccc2c1.c1ccc2cc(-c3ccc4oc5cc6oc7ccc(-c8cccc9c(-c%10cc%11ccccc%11c%11ccccc%10%11)cccc89)cc7c6cc5c4c3)ccc2c1. The smallest absolute Gasteiger partial charge is 0.139 e. The predicted molar refractivity (Wildman–Crippen MR) is 455 cm³/mol. The lowest BCUT2D eigenvalue weighted by atomic mass is 9.88. The average Bonchev–Trinajstić information content (AvgIpc) is 1.19. The Morgan fingerprint density at radius 1 is 0.111 bits per heavy atom. The van der Waals surface area contributed by atoms with E-state index in [0.29, 0.717) is 0 Å². The lowest BCUT2D eigenvalue weighted by Gasteiger charge is -2.15. The van der Waals surface area contributed by atoms with Crippen molar-refractivity contribution in [2.24, 2.45) is 0 Å². The van der Waals surface area contributed by atoms with E-state index in [1.165, 1.54) is 142 Å². The Balaban J connectivity index is 0.000000130. The zero-order valence-electron chi connectivity index (χ0n) is 58.3. The van der Waals surface area contributed by atoms with Crippen molar-refractivity contribution in [2.75, 3.05) is 0 Å². The Bertz CT molecular complexity index is 7530. The fourth-order valence-corrected chi connectivity index (χ4v) is 17.7. The second kappa shape index (κ2) is 23.6. The molecular weight excluding hydrogens is 1310 g/mol. The molecule has 0 N–H and O–H groups in total. The summed E-state index contributed by atoms with van der Waals surface area (Å²) in [5.74, 6) is 0. The summed E-state index contributed by atoms with van der Waals surface area (Å²) in [5, 5.41) is 28.8. The number of rotatable bonds is 6. The van der Waals surface area contributed by atoms with Crippen molar-refractivity contribution in [1.29, 1.82) is 0 Å². The first-order valence-corrected chi connectivity index (χ1v) is 37.0. The second-order valence-corrected chi connectivity index (χ2v) is 28.9. The maximum atomic E-state index is 6.46. The van der Waals surface area contributed by atoms with E-state index in [0.717, 1.165) is 98.9 Å². The third-order valence-corrected chi connectivity index (χ3v) is 22.9. The number of benzene rings is 20. The summed E-state index contributed by atoms with van der Waals surface area (Å²) >= 11 is 0. The number of hydrogen-bond acceptors (Lipinski definition) is 4. The van der Waals surface area contributed by atoms with Crippen LogP contribution in [0.1, 0.15) is 0 Å². The van der Waals surface area contributed by atoms with Crippen molar-refractivity contribution in [3.8, 4) is 66.8 Å². The van der Waals surface area contributed by atoms with Gasteiger partial charge in [-0.2, -0.15) is 0 Å². The molecule has 0 atom stereocenters. The topological polar surface area (TPSA) is 52.6 Å². The van der Waals surface area contributed by atoms with Crippen LogP contribution in [0.2, 0.25) is 0 Å². The molecule has 0 amide bonds. The van der Waals surface area contributed by atoms with Crippen LogP contribution in [-0.4, -0.2) is 0 Å². The van der Waals surface area contributed by atoms with E-state index in [2.05, 4.69) is 364 Å². The number of hydrogen-bond donors (Lipinski definition) is 0. The van der Waals surface area contributed by atoms with Crippen molar-refractivity contribution in [3.63, 3.8) is 0 Å². The van der Waals surface area contributed by atoms with Crippen molar-refractivity contribution >= 4 is 174 Å². The molecule has 108 heavy (non-hydrogen) atoms. The molecule has 0 radical (unpaired) electrons. The monoisotopic (exact) mass is 1370 g/mol. The van der Waals surface area contributed by atoms with Gasteiger partial charge in [0.05, 0.1) is 0 Å². The summed E-state index contributed by atoms with van der Waals surface area (Å²) < 4.78 is 25.7. The first-order chi connectivity index (χ1) is 53.5. The molecule has 0 unspecified atom stereocenters. The molecule has 0 aliphatic rings. The maximum Gasteiger partial charge on any atom is 0.139 e. The minimum absolute atomic E-state index is 0.826. The van der Waals surface area contributed by atoms with Crippen molar-refractivity contribution < 1.29 is 17.7 Å². The van der Waals surface area contributed by atoms with Crippen LogP contribution < -0.4 is 0 Å². The van der Waals surface area contributed by atoms with Crippen LogP contribution >= 0.6 is 0 Å². The van der Waals surface area contributed by atoms with Gasteiger partial charge in [-0.05, 0) is 238 Å². The van der Waals surface area contributed by atoms with Crippen molar-refractivity contribution in [1.82, 2.24) is 0 Å². The van der Waals surface area contributed by atoms with Gasteiger partial charge in [-0.25, -0.2) is 0 Å². The third-order valence-electron chi connectivity index (χ3n) is 22.9. The first kappa shape index (κ1) is 60.1. The van der Waals surface area contributed by atoms with E-state index >= 15 is 0 Å². The minimum atomic E-state index is 0.826. The van der Waals surface area contributed by atoms with Gasteiger partial charge in [0, 0.05) is 55.2 Å². The zero-order valence-corrected chi connectivity index (χ0v) is 58.3. The van der Waals surface area contributed by atoms with Gasteiger partial charge in [-0.1, -0.05) is 267 Å². The number of fused-ring (bicyclic) bond motifs is 22. The minimum Gasteiger partial charge on any atom is -0.456 e. The molecule has 4 nitrogen and oxygen atoms in total. The van der Waals surface area contributed by atoms with Gasteiger partial charge in [0.15, 0.2) is 0 Å². The Morgan fingerprint density at radius 2 is 0.380 bits per heavy atom. The third kappa shape index (κ3) is 9.50. The molecule has 0 aliphatic heterocycles. The molecule has 0 saturated heterocycles. The van der Waals surface area contributed by atoms with Crippen LogP contribution in [0.15, 0.2) is 382 Å². The second-order valence-electron chi connectivity index (χ2n) is 28.9. The summed E-state index contributed by atoms with van der Waals surface area (Å²) in [7, 11) is 0. The highest BCUT2D eigenvalue weighted by Gasteiger charge is 2.22. The van der Waals surface area contributed by atoms with Gasteiger partial charge in [0.2, 0.25) is 0 Å². The molecular formula is C104H60O4. The summed E-state index contributed by atoms with van der Waals surface area (Å²) in [6.45, 7) is 0. The largest absolute Gasteiger partial charge is 0.456 e. The molecule has 24 rings (SSSR count). The lowest BCUT2D eigenvalue weighted by molar-refractivity contribution is 0.655. The zero-order chi connectivity index (χ0) is 70.7. The van der Waals surface area contributed by atoms with Crippen LogP contribution in [0.25, 0.3) is 241 Å². The molecule has 20 aromatic carbocycles. The van der Waals surface area contributed by atoms with Gasteiger partial charge in [0.25, 0.3) is 0 Å². The fraction of sp³-hybridized carbons (Fsp3) is 0. The summed E-state index contributed by atoms with van der Waals surface area (Å²) in [6, 6.07) is 132. The quantitative estimate of drug-likeness (QED) is 0.156. The molecule has 4 heteroatoms. The summed E-state index contributed by atoms with van der Waals surface area (Å²) in [5.41, 5.74) is 21.2. The van der Waals surface area contributed by atoms with E-state index in [9.17, 15) is 0 Å². The molecule has 0 fully saturated rings. The Labute approximate surface area is 618 Å². The van der Waals surface area contributed by atoms with Gasteiger partial charge in [0.1, 0.15) is 44.7 Å². The van der Waals surface area contributed by atoms with Crippen LogP contribution in [0, 0.1) is 0 Å². The molecule has 500 valence electrons. The van der Waals surface area contributed by atoms with E-state index in [1.807, 2.05) is 0 Å². The molecule has 24 aromatic rings. The van der Waals surface area contributed by atoms with Gasteiger partial charge in [-0.15, -0.1) is 0 Å². The Morgan fingerprint density at radius 3 is 0.806 bits per heavy atom. The van der Waals surface area contributed by atoms with E-state index in [4.69, 9.17) is 17.7 Å². The standard InChI is InChI=1S/2C52H30O2/c1-2-10-32-25-33(18-17-31(32)9-1)34-19-23-49-45(26-34)47-29-48-46-28-36(20-24-50(46)54-52(48)30-51(47)53-49)38-21-22-43(41-15-7-5-14-40(38)41)44-27-35-11-3-4-12-37(35)39-13-6-8-16-42(39)44;1-2-10-32-25-33(20-19-31(32)9-1)34-21-23-49-45(26-34)47-29-48-46-28-36(22-24-50(46)54-52(48)30-51(47)53-49)38-15-7-17-41-40(38)16-8-18-43(41)44-27-35-11-3-4-12-37(35)39-13-5-6-14-42(39)44/h2*1-30H. The Kier molecular flexibility index (Phi) is 13.1. The molecule has 4 aromatic heterocycles. The number of furan rings is 4. The van der Waals surface area contributed by atoms with Crippen LogP contribution in [0.4, 0.5) is 0 Å². The highest BCUT2D eigenvalue weighted by atomic mass is 16.3. The fourth-order valence-electron chi connectivity index (χ4n) is 17.7. The van der Waals surface area contributed by atoms with E-state index < -0.39 is 0 Å². The van der Waals surface area contributed by atoms with Crippen LogP contribution in [0.3, 0.4) is 0 Å². The van der Waals surface area contributed by atoms with E-state index in [1.54, 1.807) is 0 Å². The van der Waals surface area contributed by atoms with Gasteiger partial charge in [-0.3, -0.25) is 0 Å². The van der Waals surface area contributed by atoms with Crippen molar-refractivity contribution in [3.05, 3.63) is 364 Å². The summed E-state index contributed by atoms with van der Waals surface area (Å²) in [6.07, 6.45) is 0. The van der Waals surface area contributed by atoms with Crippen molar-refractivity contribution in [2.45, 2.75) is 0 Å². The molecule has 0 aliphatic carbocycles.